The van der Waals surface area contributed by atoms with E-state index in [1.807, 2.05) is 25.1 Å². The summed E-state index contributed by atoms with van der Waals surface area (Å²) in [6.45, 7) is 2.04. The Morgan fingerprint density at radius 2 is 2.29 bits per heavy atom. The molecule has 70 valence electrons. The molecule has 1 aromatic carbocycles. The van der Waals surface area contributed by atoms with Crippen LogP contribution >= 0.6 is 0 Å². The monoisotopic (exact) mass is 186 g/mol. The van der Waals surface area contributed by atoms with Crippen LogP contribution in [-0.2, 0) is 6.42 Å². The zero-order chi connectivity index (χ0) is 10.1. The third kappa shape index (κ3) is 1.05. The van der Waals surface area contributed by atoms with Gasteiger partial charge in [-0.2, -0.15) is 5.26 Å². The standard InChI is InChI=1S/C11H10N2O/c1-2-7-4-3-5-9-10(7)8(6-12)11(13)14-9/h3-5H,2,13H2,1H3. The zero-order valence-corrected chi connectivity index (χ0v) is 7.87. The molecule has 0 amide bonds. The van der Waals surface area contributed by atoms with Crippen molar-refractivity contribution in [2.24, 2.45) is 0 Å². The SMILES string of the molecule is CCc1cccc2oc(N)c(C#N)c12. The Labute approximate surface area is 81.7 Å². The van der Waals surface area contributed by atoms with E-state index < -0.39 is 0 Å². The van der Waals surface area contributed by atoms with Gasteiger partial charge in [-0.3, -0.25) is 0 Å². The Hall–Kier alpha value is -1.95. The lowest BCUT2D eigenvalue weighted by Crippen LogP contribution is -1.86. The van der Waals surface area contributed by atoms with Crippen LogP contribution in [0, 0.1) is 11.3 Å². The van der Waals surface area contributed by atoms with Gasteiger partial charge in [0.1, 0.15) is 17.2 Å². The minimum atomic E-state index is 0.211. The van der Waals surface area contributed by atoms with Crippen molar-refractivity contribution in [3.63, 3.8) is 0 Å². The minimum absolute atomic E-state index is 0.211. The molecule has 2 rings (SSSR count). The zero-order valence-electron chi connectivity index (χ0n) is 7.87. The van der Waals surface area contributed by atoms with E-state index >= 15 is 0 Å². The number of benzene rings is 1. The van der Waals surface area contributed by atoms with Gasteiger partial charge in [0.15, 0.2) is 0 Å². The van der Waals surface area contributed by atoms with Crippen molar-refractivity contribution < 1.29 is 4.42 Å². The first-order chi connectivity index (χ1) is 6.77. The summed E-state index contributed by atoms with van der Waals surface area (Å²) in [6, 6.07) is 7.79. The molecule has 0 radical (unpaired) electrons. The number of hydrogen-bond acceptors (Lipinski definition) is 3. The summed E-state index contributed by atoms with van der Waals surface area (Å²) in [6.07, 6.45) is 0.866. The second-order valence-electron chi connectivity index (χ2n) is 3.10. The van der Waals surface area contributed by atoms with Crippen molar-refractivity contribution in [3.8, 4) is 6.07 Å². The quantitative estimate of drug-likeness (QED) is 0.744. The van der Waals surface area contributed by atoms with Crippen LogP contribution in [0.2, 0.25) is 0 Å². The Kier molecular flexibility index (Phi) is 1.90. The number of rotatable bonds is 1. The molecule has 0 unspecified atom stereocenters. The van der Waals surface area contributed by atoms with Crippen LogP contribution in [0.25, 0.3) is 11.0 Å². The van der Waals surface area contributed by atoms with Crippen LogP contribution in [0.4, 0.5) is 5.88 Å². The molecule has 3 nitrogen and oxygen atoms in total. The average Bonchev–Trinajstić information content (AvgIpc) is 2.52. The highest BCUT2D eigenvalue weighted by Gasteiger charge is 2.13. The Balaban J connectivity index is 2.91. The number of nitrogens with zero attached hydrogens (tertiary/aromatic N) is 1. The van der Waals surface area contributed by atoms with Crippen LogP contribution < -0.4 is 5.73 Å². The van der Waals surface area contributed by atoms with E-state index in [1.165, 1.54) is 0 Å². The highest BCUT2D eigenvalue weighted by Crippen LogP contribution is 2.30. The normalized spacial score (nSPS) is 10.3. The van der Waals surface area contributed by atoms with Gasteiger partial charge in [0.2, 0.25) is 5.88 Å². The number of nitrogens with two attached hydrogens (primary N) is 1. The fourth-order valence-electron chi connectivity index (χ4n) is 1.64. The van der Waals surface area contributed by atoms with Gasteiger partial charge in [0, 0.05) is 5.39 Å². The van der Waals surface area contributed by atoms with E-state index in [0.717, 1.165) is 17.4 Å². The van der Waals surface area contributed by atoms with Gasteiger partial charge in [-0.1, -0.05) is 19.1 Å². The van der Waals surface area contributed by atoms with Gasteiger partial charge in [-0.25, -0.2) is 0 Å². The number of aryl methyl sites for hydroxylation is 1. The number of nitriles is 1. The molecule has 2 N–H and O–H groups in total. The van der Waals surface area contributed by atoms with Crippen LogP contribution in [-0.4, -0.2) is 0 Å². The van der Waals surface area contributed by atoms with Crippen molar-refractivity contribution in [3.05, 3.63) is 29.3 Å². The van der Waals surface area contributed by atoms with Crippen LogP contribution in [0.15, 0.2) is 22.6 Å². The second kappa shape index (κ2) is 3.08. The minimum Gasteiger partial charge on any atom is -0.439 e. The van der Waals surface area contributed by atoms with Crippen LogP contribution in [0.5, 0.6) is 0 Å². The number of nitrogen functional groups attached to an aromatic ring is 1. The first kappa shape index (κ1) is 8.64. The average molecular weight is 186 g/mol. The summed E-state index contributed by atoms with van der Waals surface area (Å²) < 4.78 is 5.29. The third-order valence-electron chi connectivity index (χ3n) is 2.32. The molecule has 1 aromatic heterocycles. The lowest BCUT2D eigenvalue weighted by atomic mass is 10.0. The fraction of sp³-hybridized carbons (Fsp3) is 0.182. The number of furan rings is 1. The lowest BCUT2D eigenvalue weighted by molar-refractivity contribution is 0.636. The van der Waals surface area contributed by atoms with Crippen molar-refractivity contribution in [1.82, 2.24) is 0 Å². The lowest BCUT2D eigenvalue weighted by Gasteiger charge is -1.96. The molecule has 0 fully saturated rings. The number of anilines is 1. The number of fused-ring (bicyclic) bond motifs is 1. The summed E-state index contributed by atoms with van der Waals surface area (Å²) in [5.74, 6) is 0.211. The Morgan fingerprint density at radius 3 is 2.93 bits per heavy atom. The predicted octanol–water partition coefficient (Wildman–Crippen LogP) is 2.45. The number of hydrogen-bond donors (Lipinski definition) is 1. The molecule has 1 heterocycles. The highest BCUT2D eigenvalue weighted by molar-refractivity contribution is 5.91. The maximum Gasteiger partial charge on any atom is 0.209 e. The largest absolute Gasteiger partial charge is 0.439 e. The topological polar surface area (TPSA) is 62.9 Å². The fourth-order valence-corrected chi connectivity index (χ4v) is 1.64. The molecule has 0 saturated heterocycles. The molecule has 0 aliphatic heterocycles. The molecule has 3 heteroatoms. The van der Waals surface area contributed by atoms with E-state index in [0.29, 0.717) is 11.1 Å². The summed E-state index contributed by atoms with van der Waals surface area (Å²) in [4.78, 5) is 0. The molecule has 0 atom stereocenters. The van der Waals surface area contributed by atoms with Crippen molar-refractivity contribution in [2.45, 2.75) is 13.3 Å². The van der Waals surface area contributed by atoms with Crippen molar-refractivity contribution >= 4 is 16.9 Å². The molecule has 0 bridgehead atoms. The first-order valence-electron chi connectivity index (χ1n) is 4.48. The van der Waals surface area contributed by atoms with Gasteiger partial charge in [0.25, 0.3) is 0 Å². The summed E-state index contributed by atoms with van der Waals surface area (Å²) in [7, 11) is 0. The van der Waals surface area contributed by atoms with Gasteiger partial charge in [-0.05, 0) is 18.1 Å². The Bertz CT molecular complexity index is 520. The van der Waals surface area contributed by atoms with Gasteiger partial charge in [-0.15, -0.1) is 0 Å². The molecular formula is C11H10N2O. The van der Waals surface area contributed by atoms with Crippen LogP contribution in [0.1, 0.15) is 18.1 Å². The Morgan fingerprint density at radius 1 is 1.50 bits per heavy atom. The van der Waals surface area contributed by atoms with Crippen LogP contribution in [0.3, 0.4) is 0 Å². The second-order valence-corrected chi connectivity index (χ2v) is 3.10. The molecular weight excluding hydrogens is 176 g/mol. The van der Waals surface area contributed by atoms with Gasteiger partial charge >= 0.3 is 0 Å². The van der Waals surface area contributed by atoms with Crippen molar-refractivity contribution in [2.75, 3.05) is 5.73 Å². The molecule has 0 aliphatic carbocycles. The molecule has 2 aromatic rings. The summed E-state index contributed by atoms with van der Waals surface area (Å²) >= 11 is 0. The molecule has 14 heavy (non-hydrogen) atoms. The van der Waals surface area contributed by atoms with Crippen molar-refractivity contribution in [1.29, 1.82) is 5.26 Å². The maximum absolute atomic E-state index is 8.94. The third-order valence-corrected chi connectivity index (χ3v) is 2.32. The van der Waals surface area contributed by atoms with E-state index in [9.17, 15) is 0 Å². The van der Waals surface area contributed by atoms with Gasteiger partial charge in [0.05, 0.1) is 0 Å². The molecule has 0 spiro atoms. The predicted molar refractivity (Wildman–Crippen MR) is 54.7 cm³/mol. The van der Waals surface area contributed by atoms with E-state index in [2.05, 4.69) is 6.07 Å². The summed E-state index contributed by atoms with van der Waals surface area (Å²) in [5.41, 5.74) is 7.84. The first-order valence-corrected chi connectivity index (χ1v) is 4.48. The highest BCUT2D eigenvalue weighted by atomic mass is 16.3. The molecule has 0 saturated carbocycles. The maximum atomic E-state index is 8.94. The smallest absolute Gasteiger partial charge is 0.209 e. The van der Waals surface area contributed by atoms with E-state index in [1.54, 1.807) is 0 Å². The van der Waals surface area contributed by atoms with E-state index in [4.69, 9.17) is 15.4 Å². The van der Waals surface area contributed by atoms with Gasteiger partial charge < -0.3 is 10.2 Å². The van der Waals surface area contributed by atoms with E-state index in [-0.39, 0.29) is 5.88 Å². The summed E-state index contributed by atoms with van der Waals surface area (Å²) in [5, 5.41) is 9.79. The molecule has 0 aliphatic rings.